The Hall–Kier alpha value is -2.34. The van der Waals surface area contributed by atoms with Crippen molar-refractivity contribution >= 4 is 35.0 Å². The van der Waals surface area contributed by atoms with E-state index in [4.69, 9.17) is 0 Å². The number of carbonyl (C=O) groups is 2. The lowest BCUT2D eigenvalue weighted by Gasteiger charge is -2.24. The van der Waals surface area contributed by atoms with Crippen molar-refractivity contribution in [3.8, 4) is 0 Å². The minimum atomic E-state index is -0.322. The molecule has 2 aromatic rings. The molecule has 1 atom stereocenters. The molecule has 140 valence electrons. The molecule has 4 nitrogen and oxygen atoms in total. The van der Waals surface area contributed by atoms with Gasteiger partial charge in [-0.05, 0) is 54.8 Å². The predicted molar refractivity (Wildman–Crippen MR) is 106 cm³/mol. The number of hydrogen-bond acceptors (Lipinski definition) is 3. The van der Waals surface area contributed by atoms with Gasteiger partial charge < -0.3 is 5.32 Å². The molecule has 0 unspecified atom stereocenters. The van der Waals surface area contributed by atoms with Crippen molar-refractivity contribution in [1.82, 2.24) is 0 Å². The van der Waals surface area contributed by atoms with Crippen molar-refractivity contribution in [2.45, 2.75) is 31.1 Å². The summed E-state index contributed by atoms with van der Waals surface area (Å²) in [5.41, 5.74) is 2.45. The molecule has 1 N–H and O–H groups in total. The Bertz CT molecular complexity index is 832. The van der Waals surface area contributed by atoms with Gasteiger partial charge in [0, 0.05) is 17.3 Å². The highest BCUT2D eigenvalue weighted by atomic mass is 32.2. The molecular weight excluding hydrogens is 363 g/mol. The van der Waals surface area contributed by atoms with E-state index in [2.05, 4.69) is 5.32 Å². The molecular formula is C21H21FN2O2S. The fraction of sp³-hybridized carbons (Fsp3) is 0.333. The lowest BCUT2D eigenvalue weighted by molar-refractivity contribution is -0.119. The summed E-state index contributed by atoms with van der Waals surface area (Å²) in [7, 11) is 0. The molecule has 2 amide bonds. The Kier molecular flexibility index (Phi) is 5.16. The second kappa shape index (κ2) is 7.72. The Labute approximate surface area is 162 Å². The van der Waals surface area contributed by atoms with Crippen molar-refractivity contribution in [3.63, 3.8) is 0 Å². The van der Waals surface area contributed by atoms with Crippen LogP contribution in [0.15, 0.2) is 48.5 Å². The summed E-state index contributed by atoms with van der Waals surface area (Å²) in [5, 5.41) is 2.84. The van der Waals surface area contributed by atoms with Gasteiger partial charge in [-0.3, -0.25) is 14.5 Å². The first kappa shape index (κ1) is 18.0. The van der Waals surface area contributed by atoms with Gasteiger partial charge >= 0.3 is 0 Å². The minimum Gasteiger partial charge on any atom is -0.326 e. The molecule has 0 spiro atoms. The number of nitrogens with zero attached hydrogens (tertiary/aromatic N) is 1. The lowest BCUT2D eigenvalue weighted by Crippen LogP contribution is -2.27. The van der Waals surface area contributed by atoms with Gasteiger partial charge in [0.25, 0.3) is 0 Å². The summed E-state index contributed by atoms with van der Waals surface area (Å²) >= 11 is 1.55. The Morgan fingerprint density at radius 3 is 2.37 bits per heavy atom. The van der Waals surface area contributed by atoms with Crippen LogP contribution in [0.2, 0.25) is 0 Å². The number of thioether (sulfide) groups is 1. The summed E-state index contributed by atoms with van der Waals surface area (Å²) in [4.78, 5) is 26.3. The third-order valence-electron chi connectivity index (χ3n) is 5.16. The average molecular weight is 384 g/mol. The molecule has 2 aromatic carbocycles. The molecule has 1 aliphatic heterocycles. The lowest BCUT2D eigenvalue weighted by atomic mass is 10.1. The normalized spacial score (nSPS) is 20.3. The zero-order valence-electron chi connectivity index (χ0n) is 14.9. The van der Waals surface area contributed by atoms with Crippen molar-refractivity contribution < 1.29 is 14.0 Å². The van der Waals surface area contributed by atoms with E-state index in [0.717, 1.165) is 36.9 Å². The highest BCUT2D eigenvalue weighted by Crippen LogP contribution is 2.42. The summed E-state index contributed by atoms with van der Waals surface area (Å²) in [6.07, 6.45) is 4.20. The maximum atomic E-state index is 13.2. The van der Waals surface area contributed by atoms with E-state index in [1.165, 1.54) is 12.1 Å². The van der Waals surface area contributed by atoms with Gasteiger partial charge in [0.2, 0.25) is 11.8 Å². The summed E-state index contributed by atoms with van der Waals surface area (Å²) in [6, 6.07) is 13.6. The number of rotatable bonds is 4. The van der Waals surface area contributed by atoms with Crippen LogP contribution in [0.1, 0.15) is 36.6 Å². The third kappa shape index (κ3) is 3.86. The van der Waals surface area contributed by atoms with Crippen molar-refractivity contribution in [1.29, 1.82) is 0 Å². The topological polar surface area (TPSA) is 49.4 Å². The zero-order valence-corrected chi connectivity index (χ0v) is 15.7. The standard InChI is InChI=1S/C21H21FN2O2S/c22-16-7-11-18(12-8-16)24-19(25)13-27-21(24)15-5-9-17(10-6-15)23-20(26)14-3-1-2-4-14/h5-12,14,21H,1-4,13H2,(H,23,26)/t21-/m1/s1. The predicted octanol–water partition coefficient (Wildman–Crippen LogP) is 4.73. The van der Waals surface area contributed by atoms with Crippen LogP contribution in [0.5, 0.6) is 0 Å². The molecule has 0 aromatic heterocycles. The Morgan fingerprint density at radius 1 is 1.04 bits per heavy atom. The SMILES string of the molecule is O=C(Nc1ccc([C@H]2SCC(=O)N2c2ccc(F)cc2)cc1)C1CCCC1. The fourth-order valence-corrected chi connectivity index (χ4v) is 4.89. The second-order valence-electron chi connectivity index (χ2n) is 7.00. The summed E-state index contributed by atoms with van der Waals surface area (Å²) in [5.74, 6) is 0.301. The van der Waals surface area contributed by atoms with Gasteiger partial charge in [-0.1, -0.05) is 25.0 Å². The fourth-order valence-electron chi connectivity index (χ4n) is 3.71. The van der Waals surface area contributed by atoms with Crippen LogP contribution in [0, 0.1) is 11.7 Å². The molecule has 1 heterocycles. The highest BCUT2D eigenvalue weighted by Gasteiger charge is 2.34. The molecule has 4 rings (SSSR count). The first-order chi connectivity index (χ1) is 13.1. The molecule has 2 aliphatic rings. The number of nitrogens with one attached hydrogen (secondary N) is 1. The van der Waals surface area contributed by atoms with Crippen LogP contribution in [0.25, 0.3) is 0 Å². The summed E-state index contributed by atoms with van der Waals surface area (Å²) in [6.45, 7) is 0. The maximum absolute atomic E-state index is 13.2. The minimum absolute atomic E-state index is 0.00946. The van der Waals surface area contributed by atoms with Crippen molar-refractivity contribution in [2.75, 3.05) is 16.0 Å². The Balaban J connectivity index is 1.49. The molecule has 0 bridgehead atoms. The molecule has 27 heavy (non-hydrogen) atoms. The molecule has 6 heteroatoms. The molecule has 1 saturated carbocycles. The van der Waals surface area contributed by atoms with Crippen LogP contribution < -0.4 is 10.2 Å². The van der Waals surface area contributed by atoms with Gasteiger partial charge in [-0.15, -0.1) is 11.8 Å². The number of carbonyl (C=O) groups excluding carboxylic acids is 2. The third-order valence-corrected chi connectivity index (χ3v) is 6.37. The maximum Gasteiger partial charge on any atom is 0.238 e. The van der Waals surface area contributed by atoms with Gasteiger partial charge in [-0.2, -0.15) is 0 Å². The van der Waals surface area contributed by atoms with Crippen LogP contribution in [-0.2, 0) is 9.59 Å². The van der Waals surface area contributed by atoms with Crippen LogP contribution in [-0.4, -0.2) is 17.6 Å². The van der Waals surface area contributed by atoms with E-state index in [-0.39, 0.29) is 28.9 Å². The van der Waals surface area contributed by atoms with E-state index >= 15 is 0 Å². The quantitative estimate of drug-likeness (QED) is 0.829. The smallest absolute Gasteiger partial charge is 0.238 e. The van der Waals surface area contributed by atoms with E-state index in [0.29, 0.717) is 11.4 Å². The van der Waals surface area contributed by atoms with E-state index in [9.17, 15) is 14.0 Å². The van der Waals surface area contributed by atoms with Gasteiger partial charge in [-0.25, -0.2) is 4.39 Å². The molecule has 1 saturated heterocycles. The monoisotopic (exact) mass is 384 g/mol. The van der Waals surface area contributed by atoms with E-state index in [1.807, 2.05) is 24.3 Å². The van der Waals surface area contributed by atoms with Gasteiger partial charge in [0.15, 0.2) is 0 Å². The van der Waals surface area contributed by atoms with E-state index in [1.54, 1.807) is 28.8 Å². The van der Waals surface area contributed by atoms with Crippen LogP contribution >= 0.6 is 11.8 Å². The second-order valence-corrected chi connectivity index (χ2v) is 8.06. The number of halogens is 1. The first-order valence-corrected chi connectivity index (χ1v) is 10.3. The molecule has 0 radical (unpaired) electrons. The van der Waals surface area contributed by atoms with Crippen molar-refractivity contribution in [2.24, 2.45) is 5.92 Å². The molecule has 1 aliphatic carbocycles. The van der Waals surface area contributed by atoms with Crippen LogP contribution in [0.3, 0.4) is 0 Å². The van der Waals surface area contributed by atoms with Gasteiger partial charge in [0.1, 0.15) is 11.2 Å². The zero-order chi connectivity index (χ0) is 18.8. The highest BCUT2D eigenvalue weighted by molar-refractivity contribution is 8.00. The number of amides is 2. The van der Waals surface area contributed by atoms with Gasteiger partial charge in [0.05, 0.1) is 5.75 Å². The largest absolute Gasteiger partial charge is 0.326 e. The van der Waals surface area contributed by atoms with Crippen LogP contribution in [0.4, 0.5) is 15.8 Å². The number of anilines is 2. The average Bonchev–Trinajstić information content (AvgIpc) is 3.33. The number of hydrogen-bond donors (Lipinski definition) is 1. The number of benzene rings is 2. The van der Waals surface area contributed by atoms with Crippen molar-refractivity contribution in [3.05, 3.63) is 59.9 Å². The van der Waals surface area contributed by atoms with E-state index < -0.39 is 0 Å². The molecule has 2 fully saturated rings. The Morgan fingerprint density at radius 2 is 1.70 bits per heavy atom. The summed E-state index contributed by atoms with van der Waals surface area (Å²) < 4.78 is 13.2. The first-order valence-electron chi connectivity index (χ1n) is 9.22.